The second-order valence-electron chi connectivity index (χ2n) is 7.64. The van der Waals surface area contributed by atoms with Gasteiger partial charge in [-0.25, -0.2) is 4.79 Å². The Balaban J connectivity index is 2.02. The fourth-order valence-electron chi connectivity index (χ4n) is 3.97. The first-order chi connectivity index (χ1) is 15.8. The molecule has 0 saturated carbocycles. The van der Waals surface area contributed by atoms with Gasteiger partial charge in [0.05, 0.1) is 26.7 Å². The summed E-state index contributed by atoms with van der Waals surface area (Å²) in [4.78, 5) is 37.8. The van der Waals surface area contributed by atoms with Crippen LogP contribution in [0, 0.1) is 5.92 Å². The predicted molar refractivity (Wildman–Crippen MR) is 123 cm³/mol. The van der Waals surface area contributed by atoms with Crippen molar-refractivity contribution < 1.29 is 28.6 Å². The van der Waals surface area contributed by atoms with Crippen LogP contribution in [0.1, 0.15) is 18.4 Å². The van der Waals surface area contributed by atoms with E-state index in [1.807, 2.05) is 65.5 Å². The average Bonchev–Trinajstić information content (AvgIpc) is 3.14. The van der Waals surface area contributed by atoms with E-state index >= 15 is 0 Å². The smallest absolute Gasteiger partial charge is 0.330 e. The summed E-state index contributed by atoms with van der Waals surface area (Å²) in [5.41, 5.74) is 2.55. The van der Waals surface area contributed by atoms with Crippen molar-refractivity contribution in [1.29, 1.82) is 0 Å². The highest BCUT2D eigenvalue weighted by Gasteiger charge is 2.35. The maximum Gasteiger partial charge on any atom is 0.330 e. The van der Waals surface area contributed by atoms with Crippen molar-refractivity contribution in [3.05, 3.63) is 72.2 Å². The van der Waals surface area contributed by atoms with E-state index in [0.717, 1.165) is 16.5 Å². The van der Waals surface area contributed by atoms with Crippen LogP contribution in [-0.4, -0.2) is 54.7 Å². The molecule has 0 amide bonds. The van der Waals surface area contributed by atoms with Gasteiger partial charge in [-0.05, 0) is 23.3 Å². The van der Waals surface area contributed by atoms with Gasteiger partial charge in [0.2, 0.25) is 0 Å². The number of carbonyl (C=O) groups excluding carboxylic acids is 3. The highest BCUT2D eigenvalue weighted by atomic mass is 16.5. The topological polar surface area (TPSA) is 87.1 Å². The maximum absolute atomic E-state index is 13.1. The Kier molecular flexibility index (Phi) is 7.71. The Bertz CT molecular complexity index is 1130. The molecular formula is C25H28N2O6. The zero-order valence-corrected chi connectivity index (χ0v) is 19.2. The van der Waals surface area contributed by atoms with E-state index in [-0.39, 0.29) is 18.5 Å². The number of ether oxygens (including phenoxy) is 3. The lowest BCUT2D eigenvalue weighted by Gasteiger charge is -2.30. The molecule has 0 aliphatic carbocycles. The number of aryl methyl sites for hydroxylation is 1. The van der Waals surface area contributed by atoms with Crippen LogP contribution in [0.3, 0.4) is 0 Å². The number of para-hydroxylation sites is 1. The van der Waals surface area contributed by atoms with E-state index < -0.39 is 17.8 Å². The molecule has 0 radical (unpaired) electrons. The number of nitrogens with zero attached hydrogens (tertiary/aromatic N) is 2. The number of aromatic nitrogens is 1. The minimum atomic E-state index is -0.637. The van der Waals surface area contributed by atoms with E-state index in [9.17, 15) is 14.4 Å². The molecule has 1 aromatic heterocycles. The molecule has 0 fully saturated rings. The van der Waals surface area contributed by atoms with Crippen LogP contribution in [-0.2, 0) is 35.6 Å². The van der Waals surface area contributed by atoms with Crippen molar-refractivity contribution in [2.45, 2.75) is 12.8 Å². The van der Waals surface area contributed by atoms with Crippen LogP contribution >= 0.6 is 0 Å². The number of methoxy groups -OCH3 is 2. The summed E-state index contributed by atoms with van der Waals surface area (Å²) in [6.07, 6.45) is 10.5. The molecule has 0 bridgehead atoms. The Morgan fingerprint density at radius 1 is 1.15 bits per heavy atom. The van der Waals surface area contributed by atoms with E-state index in [0.29, 0.717) is 12.1 Å². The van der Waals surface area contributed by atoms with Crippen molar-refractivity contribution in [2.75, 3.05) is 27.4 Å². The molecule has 2 aromatic rings. The van der Waals surface area contributed by atoms with Crippen molar-refractivity contribution in [3.8, 4) is 0 Å². The fourth-order valence-corrected chi connectivity index (χ4v) is 3.97. The number of esters is 3. The van der Waals surface area contributed by atoms with Gasteiger partial charge in [-0.2, -0.15) is 0 Å². The highest BCUT2D eigenvalue weighted by molar-refractivity contribution is 5.91. The quantitative estimate of drug-likeness (QED) is 0.346. The number of hydrogen-bond donors (Lipinski definition) is 0. The van der Waals surface area contributed by atoms with Gasteiger partial charge >= 0.3 is 17.9 Å². The molecule has 1 aliphatic heterocycles. The lowest BCUT2D eigenvalue weighted by Crippen LogP contribution is -2.28. The van der Waals surface area contributed by atoms with Gasteiger partial charge in [-0.3, -0.25) is 9.59 Å². The monoisotopic (exact) mass is 452 g/mol. The van der Waals surface area contributed by atoms with Gasteiger partial charge in [0.25, 0.3) is 0 Å². The molecule has 0 N–H and O–H groups in total. The lowest BCUT2D eigenvalue weighted by atomic mass is 9.80. The predicted octanol–water partition coefficient (Wildman–Crippen LogP) is 3.06. The zero-order chi connectivity index (χ0) is 24.0. The number of fused-ring (bicyclic) bond motifs is 1. The highest BCUT2D eigenvalue weighted by Crippen LogP contribution is 2.39. The van der Waals surface area contributed by atoms with Crippen molar-refractivity contribution >= 4 is 28.8 Å². The molecule has 0 spiro atoms. The first-order valence-electron chi connectivity index (χ1n) is 10.5. The average molecular weight is 453 g/mol. The normalized spacial score (nSPS) is 16.5. The van der Waals surface area contributed by atoms with Crippen molar-refractivity contribution in [1.82, 2.24) is 9.47 Å². The molecule has 1 aromatic carbocycles. The van der Waals surface area contributed by atoms with E-state index in [1.54, 1.807) is 6.08 Å². The van der Waals surface area contributed by atoms with E-state index in [4.69, 9.17) is 14.2 Å². The molecule has 8 heteroatoms. The Morgan fingerprint density at radius 3 is 2.61 bits per heavy atom. The van der Waals surface area contributed by atoms with Crippen LogP contribution in [0.2, 0.25) is 0 Å². The third kappa shape index (κ3) is 5.52. The van der Waals surface area contributed by atoms with Gasteiger partial charge in [0.1, 0.15) is 6.61 Å². The third-order valence-corrected chi connectivity index (χ3v) is 5.53. The summed E-state index contributed by atoms with van der Waals surface area (Å²) in [7, 11) is 4.60. The number of allylic oxidation sites excluding steroid dienone is 3. The van der Waals surface area contributed by atoms with Gasteiger partial charge in [-0.1, -0.05) is 24.3 Å². The second kappa shape index (κ2) is 10.7. The number of carbonyl (C=O) groups is 3. The fraction of sp³-hybridized carbons (Fsp3) is 0.320. The molecule has 0 saturated heterocycles. The molecule has 8 nitrogen and oxygen atoms in total. The first kappa shape index (κ1) is 23.8. The summed E-state index contributed by atoms with van der Waals surface area (Å²) in [5, 5.41) is 0.956. The van der Waals surface area contributed by atoms with Gasteiger partial charge in [0, 0.05) is 55.5 Å². The van der Waals surface area contributed by atoms with Crippen molar-refractivity contribution in [3.63, 3.8) is 0 Å². The van der Waals surface area contributed by atoms with Crippen LogP contribution in [0.15, 0.2) is 66.7 Å². The first-order valence-corrected chi connectivity index (χ1v) is 10.5. The maximum atomic E-state index is 13.1. The number of rotatable bonds is 8. The lowest BCUT2D eigenvalue weighted by molar-refractivity contribution is -0.143. The summed E-state index contributed by atoms with van der Waals surface area (Å²) >= 11 is 0. The molecule has 33 heavy (non-hydrogen) atoms. The van der Waals surface area contributed by atoms with E-state index in [1.165, 1.54) is 27.2 Å². The third-order valence-electron chi connectivity index (χ3n) is 5.53. The van der Waals surface area contributed by atoms with Crippen LogP contribution in [0.5, 0.6) is 0 Å². The number of benzene rings is 1. The van der Waals surface area contributed by atoms with E-state index in [2.05, 4.69) is 0 Å². The molecule has 2 heterocycles. The molecule has 174 valence electrons. The Morgan fingerprint density at radius 2 is 1.91 bits per heavy atom. The largest absolute Gasteiger partial charge is 0.469 e. The summed E-state index contributed by atoms with van der Waals surface area (Å²) in [6, 6.07) is 7.85. The molecule has 1 aliphatic rings. The van der Waals surface area contributed by atoms with Gasteiger partial charge < -0.3 is 23.7 Å². The zero-order valence-electron chi connectivity index (χ0n) is 19.2. The van der Waals surface area contributed by atoms with Crippen LogP contribution < -0.4 is 0 Å². The SMILES string of the molecule is COC(=O)/C=C/C1=CN(CCOC(C)=O)C=CC1C(C(=O)OC)c1cn(C)c2ccccc12. The minimum Gasteiger partial charge on any atom is -0.469 e. The standard InChI is InChI=1S/C25H28N2O6/c1-17(28)33-14-13-27-12-11-19(18(15-27)9-10-23(29)31-3)24(25(30)32-4)21-16-26(2)22-8-6-5-7-20(21)22/h5-12,15-16,19,24H,13-14H2,1-4H3/b10-9+. The second-order valence-corrected chi connectivity index (χ2v) is 7.64. The minimum absolute atomic E-state index is 0.207. The molecule has 2 atom stereocenters. The van der Waals surface area contributed by atoms with Gasteiger partial charge in [-0.15, -0.1) is 0 Å². The Labute approximate surface area is 192 Å². The van der Waals surface area contributed by atoms with Crippen molar-refractivity contribution in [2.24, 2.45) is 13.0 Å². The molecular weight excluding hydrogens is 424 g/mol. The molecule has 3 rings (SSSR count). The summed E-state index contributed by atoms with van der Waals surface area (Å²) < 4.78 is 16.9. The Hall–Kier alpha value is -3.81. The van der Waals surface area contributed by atoms with Crippen LogP contribution in [0.4, 0.5) is 0 Å². The number of hydrogen-bond acceptors (Lipinski definition) is 7. The van der Waals surface area contributed by atoms with Gasteiger partial charge in [0.15, 0.2) is 0 Å². The summed E-state index contributed by atoms with van der Waals surface area (Å²) in [5.74, 6) is -2.27. The summed E-state index contributed by atoms with van der Waals surface area (Å²) in [6.45, 7) is 1.99. The van der Waals surface area contributed by atoms with Crippen LogP contribution in [0.25, 0.3) is 10.9 Å². The molecule has 2 unspecified atom stereocenters.